The van der Waals surface area contributed by atoms with Gasteiger partial charge in [0.25, 0.3) is 11.8 Å². The van der Waals surface area contributed by atoms with Gasteiger partial charge in [0.15, 0.2) is 0 Å². The predicted octanol–water partition coefficient (Wildman–Crippen LogP) is 3.91. The molecule has 8 nitrogen and oxygen atoms in total. The zero-order valence-electron chi connectivity index (χ0n) is 17.7. The summed E-state index contributed by atoms with van der Waals surface area (Å²) in [4.78, 5) is 19.1. The zero-order valence-corrected chi connectivity index (χ0v) is 17.7. The SMILES string of the molecule is CCn1nccc1C(=O)N1CCC(Oc2ccc(-c3noc(-c4ccccc4)n3)cc2)C1. The third-order valence-corrected chi connectivity index (χ3v) is 5.53. The zero-order chi connectivity index (χ0) is 21.9. The molecule has 5 rings (SSSR count). The Kier molecular flexibility index (Phi) is 5.41. The van der Waals surface area contributed by atoms with E-state index in [2.05, 4.69) is 15.2 Å². The van der Waals surface area contributed by atoms with Gasteiger partial charge >= 0.3 is 0 Å². The molecule has 162 valence electrons. The molecule has 1 atom stereocenters. The van der Waals surface area contributed by atoms with E-state index in [0.29, 0.717) is 37.0 Å². The van der Waals surface area contributed by atoms with Crippen LogP contribution in [0.1, 0.15) is 23.8 Å². The average molecular weight is 429 g/mol. The van der Waals surface area contributed by atoms with Crippen molar-refractivity contribution in [2.45, 2.75) is 26.0 Å². The lowest BCUT2D eigenvalue weighted by Crippen LogP contribution is -2.32. The first-order valence-electron chi connectivity index (χ1n) is 10.7. The Morgan fingerprint density at radius 1 is 1.09 bits per heavy atom. The van der Waals surface area contributed by atoms with E-state index in [1.54, 1.807) is 16.9 Å². The second kappa shape index (κ2) is 8.66. The van der Waals surface area contributed by atoms with E-state index in [4.69, 9.17) is 9.26 Å². The van der Waals surface area contributed by atoms with Crippen molar-refractivity contribution >= 4 is 5.91 Å². The van der Waals surface area contributed by atoms with E-state index < -0.39 is 0 Å². The van der Waals surface area contributed by atoms with Crippen LogP contribution in [0.3, 0.4) is 0 Å². The Balaban J connectivity index is 1.21. The molecule has 4 aromatic rings. The number of ether oxygens (including phenoxy) is 1. The summed E-state index contributed by atoms with van der Waals surface area (Å²) in [5, 5.41) is 8.27. The molecule has 2 aromatic heterocycles. The molecule has 1 aliphatic rings. The van der Waals surface area contributed by atoms with Crippen LogP contribution in [0.5, 0.6) is 5.75 Å². The highest BCUT2D eigenvalue weighted by Crippen LogP contribution is 2.25. The first-order valence-corrected chi connectivity index (χ1v) is 10.7. The predicted molar refractivity (Wildman–Crippen MR) is 118 cm³/mol. The number of aromatic nitrogens is 4. The Labute approximate surface area is 185 Å². The Morgan fingerprint density at radius 3 is 2.69 bits per heavy atom. The molecule has 3 heterocycles. The van der Waals surface area contributed by atoms with Crippen molar-refractivity contribution in [3.8, 4) is 28.6 Å². The summed E-state index contributed by atoms with van der Waals surface area (Å²) in [5.41, 5.74) is 2.35. The molecule has 1 saturated heterocycles. The van der Waals surface area contributed by atoms with Gasteiger partial charge in [-0.25, -0.2) is 0 Å². The van der Waals surface area contributed by atoms with Crippen LogP contribution in [0.15, 0.2) is 71.4 Å². The molecule has 1 aliphatic heterocycles. The van der Waals surface area contributed by atoms with Crippen molar-refractivity contribution in [3.63, 3.8) is 0 Å². The van der Waals surface area contributed by atoms with Crippen molar-refractivity contribution in [2.75, 3.05) is 13.1 Å². The molecule has 2 aromatic carbocycles. The van der Waals surface area contributed by atoms with Gasteiger partial charge in [0.2, 0.25) is 5.82 Å². The van der Waals surface area contributed by atoms with E-state index in [1.807, 2.05) is 66.4 Å². The molecule has 0 spiro atoms. The van der Waals surface area contributed by atoms with Crippen LogP contribution in [0.4, 0.5) is 0 Å². The third kappa shape index (κ3) is 3.99. The highest BCUT2D eigenvalue weighted by molar-refractivity contribution is 5.92. The minimum atomic E-state index is -0.0438. The smallest absolute Gasteiger partial charge is 0.272 e. The fourth-order valence-electron chi connectivity index (χ4n) is 3.85. The van der Waals surface area contributed by atoms with E-state index >= 15 is 0 Å². The van der Waals surface area contributed by atoms with Crippen LogP contribution in [-0.2, 0) is 6.54 Å². The van der Waals surface area contributed by atoms with Gasteiger partial charge in [0.05, 0.1) is 6.54 Å². The van der Waals surface area contributed by atoms with Crippen LogP contribution in [-0.4, -0.2) is 49.9 Å². The number of amides is 1. The Morgan fingerprint density at radius 2 is 1.91 bits per heavy atom. The summed E-state index contributed by atoms with van der Waals surface area (Å²) >= 11 is 0. The first-order chi connectivity index (χ1) is 15.7. The number of carbonyl (C=O) groups excluding carboxylic acids is 1. The number of hydrogen-bond donors (Lipinski definition) is 0. The van der Waals surface area contributed by atoms with Crippen molar-refractivity contribution in [1.82, 2.24) is 24.8 Å². The normalized spacial score (nSPS) is 15.8. The number of aryl methyl sites for hydroxylation is 1. The summed E-state index contributed by atoms with van der Waals surface area (Å²) in [6.45, 7) is 3.87. The van der Waals surface area contributed by atoms with Crippen molar-refractivity contribution in [2.24, 2.45) is 0 Å². The minimum Gasteiger partial charge on any atom is -0.489 e. The number of nitrogens with zero attached hydrogens (tertiary/aromatic N) is 5. The van der Waals surface area contributed by atoms with Gasteiger partial charge < -0.3 is 14.2 Å². The Hall–Kier alpha value is -3.94. The topological polar surface area (TPSA) is 86.3 Å². The number of likely N-dealkylation sites (tertiary alicyclic amines) is 1. The van der Waals surface area contributed by atoms with Crippen molar-refractivity contribution < 1.29 is 14.1 Å². The Bertz CT molecular complexity index is 1200. The maximum Gasteiger partial charge on any atom is 0.272 e. The number of benzene rings is 2. The lowest BCUT2D eigenvalue weighted by atomic mass is 10.2. The number of carbonyl (C=O) groups is 1. The summed E-state index contributed by atoms with van der Waals surface area (Å²) < 4.78 is 13.2. The van der Waals surface area contributed by atoms with E-state index in [9.17, 15) is 4.79 Å². The fourth-order valence-corrected chi connectivity index (χ4v) is 3.85. The first kappa shape index (κ1) is 20.0. The molecular formula is C24H23N5O3. The summed E-state index contributed by atoms with van der Waals surface area (Å²) in [6.07, 6.45) is 2.41. The highest BCUT2D eigenvalue weighted by atomic mass is 16.5. The highest BCUT2D eigenvalue weighted by Gasteiger charge is 2.29. The molecule has 0 N–H and O–H groups in total. The van der Waals surface area contributed by atoms with Crippen molar-refractivity contribution in [1.29, 1.82) is 0 Å². The van der Waals surface area contributed by atoms with Crippen LogP contribution < -0.4 is 4.74 Å². The molecule has 1 amide bonds. The quantitative estimate of drug-likeness (QED) is 0.462. The molecule has 0 aliphatic carbocycles. The van der Waals surface area contributed by atoms with Gasteiger partial charge in [-0.2, -0.15) is 10.1 Å². The molecule has 1 unspecified atom stereocenters. The minimum absolute atomic E-state index is 0.00266. The fraction of sp³-hybridized carbons (Fsp3) is 0.250. The van der Waals surface area contributed by atoms with Gasteiger partial charge in [-0.1, -0.05) is 23.4 Å². The molecule has 1 fully saturated rings. The monoisotopic (exact) mass is 429 g/mol. The van der Waals surface area contributed by atoms with E-state index in [-0.39, 0.29) is 12.0 Å². The summed E-state index contributed by atoms with van der Waals surface area (Å²) in [5.74, 6) is 1.76. The second-order valence-corrected chi connectivity index (χ2v) is 7.63. The van der Waals surface area contributed by atoms with Crippen LogP contribution in [0.25, 0.3) is 22.8 Å². The molecule has 0 saturated carbocycles. The van der Waals surface area contributed by atoms with Crippen LogP contribution in [0.2, 0.25) is 0 Å². The molecule has 0 bridgehead atoms. The van der Waals surface area contributed by atoms with E-state index in [1.165, 1.54) is 0 Å². The van der Waals surface area contributed by atoms with E-state index in [0.717, 1.165) is 23.3 Å². The average Bonchev–Trinajstić information content (AvgIpc) is 3.60. The second-order valence-electron chi connectivity index (χ2n) is 7.63. The van der Waals surface area contributed by atoms with Crippen molar-refractivity contribution in [3.05, 3.63) is 72.6 Å². The van der Waals surface area contributed by atoms with Gasteiger partial charge in [0, 0.05) is 36.8 Å². The maximum atomic E-state index is 12.8. The molecule has 8 heteroatoms. The lowest BCUT2D eigenvalue weighted by Gasteiger charge is -2.17. The number of rotatable bonds is 6. The number of hydrogen-bond acceptors (Lipinski definition) is 6. The maximum absolute atomic E-state index is 12.8. The van der Waals surface area contributed by atoms with Gasteiger partial charge in [-0.15, -0.1) is 0 Å². The molecule has 0 radical (unpaired) electrons. The summed E-state index contributed by atoms with van der Waals surface area (Å²) in [6, 6.07) is 19.0. The van der Waals surface area contributed by atoms with Gasteiger partial charge in [0.1, 0.15) is 17.5 Å². The molecule has 32 heavy (non-hydrogen) atoms. The standard InChI is InChI=1S/C24H23N5O3/c1-2-29-21(12-14-25-29)24(30)28-15-13-20(16-28)31-19-10-8-17(9-11-19)22-26-23(32-27-22)18-6-4-3-5-7-18/h3-12,14,20H,2,13,15-16H2,1H3. The largest absolute Gasteiger partial charge is 0.489 e. The van der Waals surface area contributed by atoms with Crippen LogP contribution in [0, 0.1) is 0 Å². The van der Waals surface area contributed by atoms with Crippen LogP contribution >= 0.6 is 0 Å². The van der Waals surface area contributed by atoms with Gasteiger partial charge in [-0.3, -0.25) is 9.48 Å². The lowest BCUT2D eigenvalue weighted by molar-refractivity contribution is 0.0760. The van der Waals surface area contributed by atoms with Gasteiger partial charge in [-0.05, 0) is 49.4 Å². The molecular weight excluding hydrogens is 406 g/mol. The summed E-state index contributed by atoms with van der Waals surface area (Å²) in [7, 11) is 0. The third-order valence-electron chi connectivity index (χ3n) is 5.53.